The largest absolute Gasteiger partial charge is 0.370 e. The van der Waals surface area contributed by atoms with Crippen molar-refractivity contribution >= 4 is 12.3 Å². The lowest BCUT2D eigenvalue weighted by molar-refractivity contribution is -0.118. The summed E-state index contributed by atoms with van der Waals surface area (Å²) in [5.41, 5.74) is 5.04. The molecule has 0 aliphatic carbocycles. The smallest absolute Gasteiger partial charge is 0.217 e. The SMILES string of the molecule is NC(=O)CCCCCCCCCCNC=O. The Morgan fingerprint density at radius 1 is 0.938 bits per heavy atom. The molecule has 0 bridgehead atoms. The van der Waals surface area contributed by atoms with Crippen molar-refractivity contribution in [2.45, 2.75) is 57.8 Å². The summed E-state index contributed by atoms with van der Waals surface area (Å²) in [4.78, 5) is 20.4. The van der Waals surface area contributed by atoms with Crippen LogP contribution in [0.4, 0.5) is 0 Å². The van der Waals surface area contributed by atoms with Crippen LogP contribution in [0.15, 0.2) is 0 Å². The summed E-state index contributed by atoms with van der Waals surface area (Å²) in [5, 5.41) is 2.65. The van der Waals surface area contributed by atoms with Crippen molar-refractivity contribution in [2.75, 3.05) is 6.54 Å². The molecular formula is C12H24N2O2. The Morgan fingerprint density at radius 2 is 1.44 bits per heavy atom. The molecule has 0 aliphatic heterocycles. The van der Waals surface area contributed by atoms with Crippen molar-refractivity contribution in [3.05, 3.63) is 0 Å². The maximum Gasteiger partial charge on any atom is 0.217 e. The number of nitrogens with two attached hydrogens (primary N) is 1. The van der Waals surface area contributed by atoms with E-state index in [1.807, 2.05) is 0 Å². The molecule has 3 N–H and O–H groups in total. The van der Waals surface area contributed by atoms with Crippen LogP contribution in [0.3, 0.4) is 0 Å². The Balaban J connectivity index is 2.93. The lowest BCUT2D eigenvalue weighted by atomic mass is 10.1. The van der Waals surface area contributed by atoms with Crippen LogP contribution < -0.4 is 11.1 Å². The molecule has 0 heterocycles. The maximum absolute atomic E-state index is 10.5. The van der Waals surface area contributed by atoms with E-state index in [1.54, 1.807) is 0 Å². The molecule has 4 nitrogen and oxygen atoms in total. The number of unbranched alkanes of at least 4 members (excludes halogenated alkanes) is 7. The van der Waals surface area contributed by atoms with Gasteiger partial charge in [-0.25, -0.2) is 0 Å². The highest BCUT2D eigenvalue weighted by Crippen LogP contribution is 2.09. The molecule has 16 heavy (non-hydrogen) atoms. The van der Waals surface area contributed by atoms with E-state index in [0.29, 0.717) is 6.42 Å². The van der Waals surface area contributed by atoms with Gasteiger partial charge in [-0.15, -0.1) is 0 Å². The van der Waals surface area contributed by atoms with E-state index in [2.05, 4.69) is 5.32 Å². The summed E-state index contributed by atoms with van der Waals surface area (Å²) < 4.78 is 0. The molecule has 0 aromatic carbocycles. The molecule has 0 saturated heterocycles. The summed E-state index contributed by atoms with van der Waals surface area (Å²) in [7, 11) is 0. The second-order valence-electron chi connectivity index (χ2n) is 4.12. The van der Waals surface area contributed by atoms with Gasteiger partial charge in [0.1, 0.15) is 0 Å². The Labute approximate surface area is 98.0 Å². The number of hydrogen-bond donors (Lipinski definition) is 2. The summed E-state index contributed by atoms with van der Waals surface area (Å²) in [6.07, 6.45) is 10.5. The van der Waals surface area contributed by atoms with Gasteiger partial charge in [-0.1, -0.05) is 38.5 Å². The van der Waals surface area contributed by atoms with Gasteiger partial charge in [-0.2, -0.15) is 0 Å². The lowest BCUT2D eigenvalue weighted by Crippen LogP contribution is -2.11. The second kappa shape index (κ2) is 12.0. The van der Waals surface area contributed by atoms with Crippen molar-refractivity contribution in [3.8, 4) is 0 Å². The average Bonchev–Trinajstić information content (AvgIpc) is 2.25. The first-order valence-corrected chi connectivity index (χ1v) is 6.22. The van der Waals surface area contributed by atoms with Gasteiger partial charge in [-0.3, -0.25) is 9.59 Å². The first-order chi connectivity index (χ1) is 7.77. The van der Waals surface area contributed by atoms with Crippen molar-refractivity contribution in [2.24, 2.45) is 5.73 Å². The summed E-state index contributed by atoms with van der Waals surface area (Å²) in [5.74, 6) is -0.192. The van der Waals surface area contributed by atoms with Crippen molar-refractivity contribution in [1.29, 1.82) is 0 Å². The van der Waals surface area contributed by atoms with E-state index < -0.39 is 0 Å². The predicted molar refractivity (Wildman–Crippen MR) is 64.8 cm³/mol. The normalized spacial score (nSPS) is 10.0. The quantitative estimate of drug-likeness (QED) is 0.394. The van der Waals surface area contributed by atoms with Gasteiger partial charge in [0.15, 0.2) is 0 Å². The first kappa shape index (κ1) is 14.9. The fourth-order valence-corrected chi connectivity index (χ4v) is 1.65. The molecule has 0 spiro atoms. The number of carbonyl (C=O) groups excluding carboxylic acids is 2. The molecule has 0 radical (unpaired) electrons. The molecule has 4 heteroatoms. The zero-order chi connectivity index (χ0) is 12.1. The maximum atomic E-state index is 10.5. The first-order valence-electron chi connectivity index (χ1n) is 6.22. The van der Waals surface area contributed by atoms with E-state index >= 15 is 0 Å². The summed E-state index contributed by atoms with van der Waals surface area (Å²) in [6.45, 7) is 0.794. The standard InChI is InChI=1S/C12H24N2O2/c13-12(16)9-7-5-3-1-2-4-6-8-10-14-11-15/h11H,1-10H2,(H2,13,16)(H,14,15). The Hall–Kier alpha value is -1.06. The van der Waals surface area contributed by atoms with E-state index in [0.717, 1.165) is 32.2 Å². The highest BCUT2D eigenvalue weighted by molar-refractivity contribution is 5.73. The Morgan fingerprint density at radius 3 is 1.94 bits per heavy atom. The molecule has 0 aromatic rings. The number of carbonyl (C=O) groups is 2. The van der Waals surface area contributed by atoms with Crippen molar-refractivity contribution < 1.29 is 9.59 Å². The molecule has 0 rings (SSSR count). The van der Waals surface area contributed by atoms with Gasteiger partial charge in [0.25, 0.3) is 0 Å². The van der Waals surface area contributed by atoms with Crippen LogP contribution in [0.5, 0.6) is 0 Å². The average molecular weight is 228 g/mol. The van der Waals surface area contributed by atoms with Crippen molar-refractivity contribution in [1.82, 2.24) is 5.32 Å². The second-order valence-corrected chi connectivity index (χ2v) is 4.12. The van der Waals surface area contributed by atoms with Crippen LogP contribution in [0.25, 0.3) is 0 Å². The summed E-state index contributed by atoms with van der Waals surface area (Å²) in [6, 6.07) is 0. The minimum absolute atomic E-state index is 0.192. The zero-order valence-electron chi connectivity index (χ0n) is 10.0. The van der Waals surface area contributed by atoms with Crippen LogP contribution in [-0.4, -0.2) is 18.9 Å². The van der Waals surface area contributed by atoms with Crippen LogP contribution in [-0.2, 0) is 9.59 Å². The summed E-state index contributed by atoms with van der Waals surface area (Å²) >= 11 is 0. The van der Waals surface area contributed by atoms with Gasteiger partial charge >= 0.3 is 0 Å². The topological polar surface area (TPSA) is 72.2 Å². The molecule has 0 saturated carbocycles. The highest BCUT2D eigenvalue weighted by atomic mass is 16.1. The van der Waals surface area contributed by atoms with E-state index in [1.165, 1.54) is 32.1 Å². The fraction of sp³-hybridized carbons (Fsp3) is 0.833. The number of hydrogen-bond acceptors (Lipinski definition) is 2. The van der Waals surface area contributed by atoms with Gasteiger partial charge < -0.3 is 11.1 Å². The van der Waals surface area contributed by atoms with Crippen LogP contribution in [0, 0.1) is 0 Å². The number of nitrogens with one attached hydrogen (secondary N) is 1. The van der Waals surface area contributed by atoms with Crippen LogP contribution in [0.2, 0.25) is 0 Å². The monoisotopic (exact) mass is 228 g/mol. The third-order valence-electron chi connectivity index (χ3n) is 2.58. The highest BCUT2D eigenvalue weighted by Gasteiger charge is 1.95. The molecule has 94 valence electrons. The van der Waals surface area contributed by atoms with Crippen LogP contribution in [0.1, 0.15) is 57.8 Å². The predicted octanol–water partition coefficient (Wildman–Crippen LogP) is 1.73. The van der Waals surface area contributed by atoms with Gasteiger partial charge in [0.05, 0.1) is 0 Å². The Kier molecular flexibility index (Phi) is 11.2. The minimum atomic E-state index is -0.192. The number of rotatable bonds is 12. The van der Waals surface area contributed by atoms with Crippen molar-refractivity contribution in [3.63, 3.8) is 0 Å². The fourth-order valence-electron chi connectivity index (χ4n) is 1.65. The lowest BCUT2D eigenvalue weighted by Gasteiger charge is -2.01. The number of amides is 2. The third kappa shape index (κ3) is 12.9. The van der Waals surface area contributed by atoms with E-state index in [4.69, 9.17) is 5.73 Å². The van der Waals surface area contributed by atoms with E-state index in [-0.39, 0.29) is 5.91 Å². The van der Waals surface area contributed by atoms with Gasteiger partial charge in [0, 0.05) is 13.0 Å². The minimum Gasteiger partial charge on any atom is -0.370 e. The van der Waals surface area contributed by atoms with E-state index in [9.17, 15) is 9.59 Å². The molecular weight excluding hydrogens is 204 g/mol. The third-order valence-corrected chi connectivity index (χ3v) is 2.58. The molecule has 2 amide bonds. The molecule has 0 atom stereocenters. The molecule has 0 fully saturated rings. The van der Waals surface area contributed by atoms with Gasteiger partial charge in [-0.05, 0) is 12.8 Å². The molecule has 0 unspecified atom stereocenters. The van der Waals surface area contributed by atoms with Gasteiger partial charge in [0.2, 0.25) is 12.3 Å². The molecule has 0 aliphatic rings. The Bertz CT molecular complexity index is 184. The zero-order valence-corrected chi connectivity index (χ0v) is 10.0. The molecule has 0 aromatic heterocycles. The van der Waals surface area contributed by atoms with Crippen LogP contribution >= 0.6 is 0 Å². The number of primary amides is 1.